The monoisotopic (exact) mass is 300 g/mol. The summed E-state index contributed by atoms with van der Waals surface area (Å²) in [6.07, 6.45) is 2.90. The highest BCUT2D eigenvalue weighted by molar-refractivity contribution is 7.89. The minimum atomic E-state index is -3.50. The molecule has 0 fully saturated rings. The SMILES string of the molecule is CCc1ccc(N)cc1S(=O)(=O)N(C)CCCCCO. The number of aliphatic hydroxyl groups is 1. The van der Waals surface area contributed by atoms with Crippen molar-refractivity contribution in [1.82, 2.24) is 4.31 Å². The van der Waals surface area contributed by atoms with Gasteiger partial charge in [-0.2, -0.15) is 0 Å². The van der Waals surface area contributed by atoms with Crippen molar-refractivity contribution in [2.24, 2.45) is 0 Å². The molecule has 1 aromatic carbocycles. The van der Waals surface area contributed by atoms with E-state index in [9.17, 15) is 8.42 Å². The smallest absolute Gasteiger partial charge is 0.243 e. The van der Waals surface area contributed by atoms with Crippen molar-refractivity contribution >= 4 is 15.7 Å². The van der Waals surface area contributed by atoms with Gasteiger partial charge in [0.2, 0.25) is 10.0 Å². The molecule has 3 N–H and O–H groups in total. The molecule has 0 radical (unpaired) electrons. The van der Waals surface area contributed by atoms with E-state index in [4.69, 9.17) is 10.8 Å². The standard InChI is InChI=1S/C14H24N2O3S/c1-3-12-7-8-13(15)11-14(12)20(18,19)16(2)9-5-4-6-10-17/h7-8,11,17H,3-6,9-10,15H2,1-2H3. The first-order valence-corrected chi connectivity index (χ1v) is 8.33. The summed E-state index contributed by atoms with van der Waals surface area (Å²) in [6.45, 7) is 2.51. The lowest BCUT2D eigenvalue weighted by Gasteiger charge is -2.19. The Balaban J connectivity index is 2.89. The van der Waals surface area contributed by atoms with Crippen LogP contribution in [0.2, 0.25) is 0 Å². The van der Waals surface area contributed by atoms with Crippen LogP contribution in [0.4, 0.5) is 5.69 Å². The van der Waals surface area contributed by atoms with Crippen LogP contribution >= 0.6 is 0 Å². The summed E-state index contributed by atoms with van der Waals surface area (Å²) in [6, 6.07) is 5.01. The topological polar surface area (TPSA) is 83.6 Å². The van der Waals surface area contributed by atoms with Gasteiger partial charge in [0.1, 0.15) is 0 Å². The Bertz CT molecular complexity index is 529. The van der Waals surface area contributed by atoms with Crippen LogP contribution in [0.3, 0.4) is 0 Å². The van der Waals surface area contributed by atoms with Crippen LogP contribution in [0.1, 0.15) is 31.7 Å². The minimum Gasteiger partial charge on any atom is -0.399 e. The average Bonchev–Trinajstić information content (AvgIpc) is 2.43. The van der Waals surface area contributed by atoms with Crippen LogP contribution in [0, 0.1) is 0 Å². The largest absolute Gasteiger partial charge is 0.399 e. The molecule has 0 aliphatic heterocycles. The van der Waals surface area contributed by atoms with Crippen LogP contribution in [-0.4, -0.2) is 38.0 Å². The summed E-state index contributed by atoms with van der Waals surface area (Å²) in [5, 5.41) is 8.72. The lowest BCUT2D eigenvalue weighted by Crippen LogP contribution is -2.29. The number of hydrogen-bond acceptors (Lipinski definition) is 4. The van der Waals surface area contributed by atoms with Crippen LogP contribution in [0.25, 0.3) is 0 Å². The molecule has 20 heavy (non-hydrogen) atoms. The van der Waals surface area contributed by atoms with Gasteiger partial charge in [-0.1, -0.05) is 13.0 Å². The predicted octanol–water partition coefficient (Wildman–Crippen LogP) is 1.61. The van der Waals surface area contributed by atoms with Gasteiger partial charge in [-0.15, -0.1) is 0 Å². The van der Waals surface area contributed by atoms with Gasteiger partial charge < -0.3 is 10.8 Å². The molecule has 0 unspecified atom stereocenters. The van der Waals surface area contributed by atoms with Crippen molar-refractivity contribution in [3.8, 4) is 0 Å². The molecule has 6 heteroatoms. The van der Waals surface area contributed by atoms with Gasteiger partial charge in [-0.3, -0.25) is 0 Å². The van der Waals surface area contributed by atoms with Crippen molar-refractivity contribution < 1.29 is 13.5 Å². The highest BCUT2D eigenvalue weighted by Gasteiger charge is 2.23. The molecule has 0 amide bonds. The Morgan fingerprint density at radius 1 is 1.25 bits per heavy atom. The van der Waals surface area contributed by atoms with Gasteiger partial charge in [0.05, 0.1) is 4.90 Å². The molecule has 0 bridgehead atoms. The summed E-state index contributed by atoms with van der Waals surface area (Å²) < 4.78 is 26.5. The zero-order valence-electron chi connectivity index (χ0n) is 12.2. The molecule has 0 aliphatic carbocycles. The van der Waals surface area contributed by atoms with Crippen LogP contribution < -0.4 is 5.73 Å². The van der Waals surface area contributed by atoms with Gasteiger partial charge in [-0.05, 0) is 43.4 Å². The second-order valence-electron chi connectivity index (χ2n) is 4.83. The maximum absolute atomic E-state index is 12.5. The first-order chi connectivity index (χ1) is 9.43. The van der Waals surface area contributed by atoms with E-state index in [1.165, 1.54) is 10.4 Å². The van der Waals surface area contributed by atoms with E-state index >= 15 is 0 Å². The van der Waals surface area contributed by atoms with Crippen molar-refractivity contribution in [2.45, 2.75) is 37.5 Å². The Hall–Kier alpha value is -1.11. The first-order valence-electron chi connectivity index (χ1n) is 6.89. The van der Waals surface area contributed by atoms with E-state index in [0.29, 0.717) is 30.0 Å². The zero-order chi connectivity index (χ0) is 15.2. The molecule has 0 atom stereocenters. The number of nitrogen functional groups attached to an aromatic ring is 1. The third-order valence-corrected chi connectivity index (χ3v) is 5.23. The van der Waals surface area contributed by atoms with Gasteiger partial charge in [-0.25, -0.2) is 12.7 Å². The normalized spacial score (nSPS) is 12.0. The minimum absolute atomic E-state index is 0.145. The van der Waals surface area contributed by atoms with E-state index in [-0.39, 0.29) is 6.61 Å². The number of sulfonamides is 1. The van der Waals surface area contributed by atoms with Gasteiger partial charge in [0.25, 0.3) is 0 Å². The highest BCUT2D eigenvalue weighted by Crippen LogP contribution is 2.23. The molecule has 1 rings (SSSR count). The van der Waals surface area contributed by atoms with Crippen molar-refractivity contribution in [3.63, 3.8) is 0 Å². The number of aliphatic hydroxyl groups excluding tert-OH is 1. The highest BCUT2D eigenvalue weighted by atomic mass is 32.2. The molecule has 0 saturated carbocycles. The molecule has 0 saturated heterocycles. The number of benzene rings is 1. The third-order valence-electron chi connectivity index (χ3n) is 3.29. The summed E-state index contributed by atoms with van der Waals surface area (Å²) >= 11 is 0. The first kappa shape index (κ1) is 16.9. The fourth-order valence-corrected chi connectivity index (χ4v) is 3.55. The van der Waals surface area contributed by atoms with Crippen molar-refractivity contribution in [2.75, 3.05) is 25.9 Å². The zero-order valence-corrected chi connectivity index (χ0v) is 13.0. The molecule has 0 aromatic heterocycles. The maximum Gasteiger partial charge on any atom is 0.243 e. The van der Waals surface area contributed by atoms with Crippen LogP contribution in [-0.2, 0) is 16.4 Å². The molecule has 0 aliphatic rings. The quantitative estimate of drug-likeness (QED) is 0.564. The number of rotatable bonds is 8. The lowest BCUT2D eigenvalue weighted by atomic mass is 10.1. The van der Waals surface area contributed by atoms with Crippen molar-refractivity contribution in [1.29, 1.82) is 0 Å². The number of anilines is 1. The third kappa shape index (κ3) is 4.19. The molecular weight excluding hydrogens is 276 g/mol. The molecule has 1 aromatic rings. The van der Waals surface area contributed by atoms with E-state index in [0.717, 1.165) is 18.4 Å². The Labute approximate surface area is 121 Å². The molecule has 0 spiro atoms. The summed E-state index contributed by atoms with van der Waals surface area (Å²) in [4.78, 5) is 0.296. The summed E-state index contributed by atoms with van der Waals surface area (Å²) in [7, 11) is -1.92. The van der Waals surface area contributed by atoms with Crippen LogP contribution in [0.5, 0.6) is 0 Å². The van der Waals surface area contributed by atoms with Crippen LogP contribution in [0.15, 0.2) is 23.1 Å². The lowest BCUT2D eigenvalue weighted by molar-refractivity contribution is 0.281. The second kappa shape index (κ2) is 7.61. The summed E-state index contributed by atoms with van der Waals surface area (Å²) in [5.41, 5.74) is 6.94. The van der Waals surface area contributed by atoms with E-state index in [1.807, 2.05) is 6.92 Å². The molecule has 114 valence electrons. The Kier molecular flexibility index (Phi) is 6.45. The average molecular weight is 300 g/mol. The predicted molar refractivity (Wildman–Crippen MR) is 81.0 cm³/mol. The van der Waals surface area contributed by atoms with Crippen molar-refractivity contribution in [3.05, 3.63) is 23.8 Å². The summed E-state index contributed by atoms with van der Waals surface area (Å²) in [5.74, 6) is 0. The molecular formula is C14H24N2O3S. The molecule has 5 nitrogen and oxygen atoms in total. The Morgan fingerprint density at radius 2 is 1.95 bits per heavy atom. The molecule has 0 heterocycles. The second-order valence-corrected chi connectivity index (χ2v) is 6.84. The van der Waals surface area contributed by atoms with E-state index < -0.39 is 10.0 Å². The number of nitrogens with two attached hydrogens (primary N) is 1. The van der Waals surface area contributed by atoms with Gasteiger partial charge in [0.15, 0.2) is 0 Å². The van der Waals surface area contributed by atoms with Gasteiger partial charge in [0, 0.05) is 25.9 Å². The van der Waals surface area contributed by atoms with E-state index in [2.05, 4.69) is 0 Å². The Morgan fingerprint density at radius 3 is 2.55 bits per heavy atom. The van der Waals surface area contributed by atoms with Gasteiger partial charge >= 0.3 is 0 Å². The number of hydrogen-bond donors (Lipinski definition) is 2. The number of unbranched alkanes of at least 4 members (excludes halogenated alkanes) is 2. The van der Waals surface area contributed by atoms with E-state index in [1.54, 1.807) is 19.2 Å². The number of aryl methyl sites for hydroxylation is 1. The number of nitrogens with zero attached hydrogens (tertiary/aromatic N) is 1. The maximum atomic E-state index is 12.5. The fraction of sp³-hybridized carbons (Fsp3) is 0.571. The fourth-order valence-electron chi connectivity index (χ4n) is 2.01.